The fourth-order valence-electron chi connectivity index (χ4n) is 5.56. The lowest BCUT2D eigenvalue weighted by Gasteiger charge is -2.27. The first-order valence-electron chi connectivity index (χ1n) is 12.4. The standard InChI is InChI=1S/C27H38N2O4/c1-19-3-2-4-20(13-19)15-23(30)5-6-24-25-16-21(14-22(25)17-26(24)31)7-8-28-18-27(32)29-9-11-33-12-10-29/h2-6,13-14,22-26,28,30-31H,7-12,15-18H2,1H3/t22-,23+,24+,25-,26+/m0/s1. The van der Waals surface area contributed by atoms with Gasteiger partial charge in [0.15, 0.2) is 0 Å². The molecule has 0 spiro atoms. The number of hydrogen-bond acceptors (Lipinski definition) is 5. The molecule has 180 valence electrons. The number of morpholine rings is 1. The summed E-state index contributed by atoms with van der Waals surface area (Å²) >= 11 is 0. The maximum Gasteiger partial charge on any atom is 0.236 e. The third kappa shape index (κ3) is 6.54. The number of rotatable bonds is 9. The van der Waals surface area contributed by atoms with Crippen molar-refractivity contribution < 1.29 is 19.7 Å². The van der Waals surface area contributed by atoms with Gasteiger partial charge < -0.3 is 25.2 Å². The lowest BCUT2D eigenvalue weighted by atomic mass is 9.88. The van der Waals surface area contributed by atoms with Crippen LogP contribution in [0.25, 0.3) is 0 Å². The molecular weight excluding hydrogens is 416 g/mol. The van der Waals surface area contributed by atoms with Crippen LogP contribution in [0.4, 0.5) is 0 Å². The average molecular weight is 455 g/mol. The van der Waals surface area contributed by atoms with Crippen molar-refractivity contribution in [3.63, 3.8) is 0 Å². The van der Waals surface area contributed by atoms with E-state index in [0.29, 0.717) is 51.1 Å². The minimum atomic E-state index is -0.542. The Hall–Kier alpha value is -1.99. The van der Waals surface area contributed by atoms with Crippen molar-refractivity contribution in [3.8, 4) is 0 Å². The van der Waals surface area contributed by atoms with E-state index in [9.17, 15) is 15.0 Å². The highest BCUT2D eigenvalue weighted by Gasteiger charge is 2.43. The maximum absolute atomic E-state index is 12.2. The minimum absolute atomic E-state index is 0.0896. The Kier molecular flexibility index (Phi) is 8.36. The van der Waals surface area contributed by atoms with Gasteiger partial charge in [-0.15, -0.1) is 0 Å². The monoisotopic (exact) mass is 454 g/mol. The van der Waals surface area contributed by atoms with E-state index in [-0.39, 0.29) is 17.9 Å². The Bertz CT molecular complexity index is 861. The molecule has 0 bridgehead atoms. The molecule has 2 fully saturated rings. The van der Waals surface area contributed by atoms with Gasteiger partial charge in [-0.05, 0) is 50.1 Å². The van der Waals surface area contributed by atoms with E-state index in [1.807, 2.05) is 29.2 Å². The molecule has 1 aromatic rings. The fourth-order valence-corrected chi connectivity index (χ4v) is 5.56. The normalized spacial score (nSPS) is 28.2. The second-order valence-electron chi connectivity index (χ2n) is 9.80. The first-order valence-corrected chi connectivity index (χ1v) is 12.4. The van der Waals surface area contributed by atoms with Gasteiger partial charge in [0.2, 0.25) is 5.91 Å². The molecule has 33 heavy (non-hydrogen) atoms. The molecule has 0 aromatic heterocycles. The molecule has 3 N–H and O–H groups in total. The number of nitrogens with zero attached hydrogens (tertiary/aromatic N) is 1. The summed E-state index contributed by atoms with van der Waals surface area (Å²) in [7, 11) is 0. The number of fused-ring (bicyclic) bond motifs is 1. The summed E-state index contributed by atoms with van der Waals surface area (Å²) in [6.45, 7) is 5.86. The molecule has 6 nitrogen and oxygen atoms in total. The van der Waals surface area contributed by atoms with Crippen molar-refractivity contribution in [3.05, 3.63) is 59.2 Å². The predicted octanol–water partition coefficient (Wildman–Crippen LogP) is 2.24. The average Bonchev–Trinajstić information content (AvgIpc) is 3.32. The van der Waals surface area contributed by atoms with E-state index in [4.69, 9.17) is 4.74 Å². The lowest BCUT2D eigenvalue weighted by molar-refractivity contribution is -0.134. The molecule has 0 radical (unpaired) electrons. The molecule has 1 saturated carbocycles. The summed E-state index contributed by atoms with van der Waals surface area (Å²) in [6.07, 6.45) is 8.69. The van der Waals surface area contributed by atoms with Crippen molar-refractivity contribution >= 4 is 5.91 Å². The number of nitrogens with one attached hydrogen (secondary N) is 1. The number of carbonyl (C=O) groups is 1. The van der Waals surface area contributed by atoms with Crippen LogP contribution in [-0.2, 0) is 16.0 Å². The van der Waals surface area contributed by atoms with E-state index in [2.05, 4.69) is 30.4 Å². The van der Waals surface area contributed by atoms with Crippen LogP contribution in [0.3, 0.4) is 0 Å². The Morgan fingerprint density at radius 2 is 2.15 bits per heavy atom. The molecule has 2 aliphatic carbocycles. The van der Waals surface area contributed by atoms with Crippen molar-refractivity contribution in [1.82, 2.24) is 10.2 Å². The van der Waals surface area contributed by atoms with Gasteiger partial charge in [-0.2, -0.15) is 0 Å². The van der Waals surface area contributed by atoms with Gasteiger partial charge in [-0.1, -0.05) is 53.6 Å². The summed E-state index contributed by atoms with van der Waals surface area (Å²) in [5, 5.41) is 24.4. The summed E-state index contributed by atoms with van der Waals surface area (Å²) < 4.78 is 5.30. The second-order valence-corrected chi connectivity index (χ2v) is 9.80. The van der Waals surface area contributed by atoms with Crippen LogP contribution in [0.1, 0.15) is 30.4 Å². The van der Waals surface area contributed by atoms with E-state index >= 15 is 0 Å². The molecule has 1 aromatic carbocycles. The lowest BCUT2D eigenvalue weighted by Crippen LogP contribution is -2.44. The largest absolute Gasteiger partial charge is 0.392 e. The maximum atomic E-state index is 12.2. The molecule has 5 atom stereocenters. The van der Waals surface area contributed by atoms with Crippen molar-refractivity contribution in [2.24, 2.45) is 17.8 Å². The molecule has 4 rings (SSSR count). The van der Waals surface area contributed by atoms with E-state index in [1.165, 1.54) is 11.1 Å². The highest BCUT2D eigenvalue weighted by Crippen LogP contribution is 2.47. The molecule has 0 unspecified atom stereocenters. The number of carbonyl (C=O) groups excluding carboxylic acids is 1. The zero-order valence-electron chi connectivity index (χ0n) is 19.7. The summed E-state index contributed by atoms with van der Waals surface area (Å²) in [5.74, 6) is 1.06. The number of aliphatic hydroxyl groups is 2. The number of benzene rings is 1. The van der Waals surface area contributed by atoms with Crippen LogP contribution in [-0.4, -0.2) is 72.6 Å². The quantitative estimate of drug-likeness (QED) is 0.394. The van der Waals surface area contributed by atoms with Crippen LogP contribution in [0.5, 0.6) is 0 Å². The van der Waals surface area contributed by atoms with Gasteiger partial charge in [0.1, 0.15) is 0 Å². The third-order valence-electron chi connectivity index (χ3n) is 7.30. The number of amides is 1. The number of ether oxygens (including phenoxy) is 1. The third-order valence-corrected chi connectivity index (χ3v) is 7.30. The highest BCUT2D eigenvalue weighted by atomic mass is 16.5. The Labute approximate surface area is 197 Å². The Balaban J connectivity index is 1.21. The van der Waals surface area contributed by atoms with Crippen molar-refractivity contribution in [2.45, 2.75) is 44.8 Å². The molecule has 6 heteroatoms. The van der Waals surface area contributed by atoms with Crippen LogP contribution >= 0.6 is 0 Å². The van der Waals surface area contributed by atoms with Gasteiger partial charge in [0.25, 0.3) is 0 Å². The first-order chi connectivity index (χ1) is 16.0. The second kappa shape index (κ2) is 11.4. The summed E-state index contributed by atoms with van der Waals surface area (Å²) in [5.41, 5.74) is 3.74. The van der Waals surface area contributed by atoms with Crippen LogP contribution in [0.15, 0.2) is 48.1 Å². The van der Waals surface area contributed by atoms with Gasteiger partial charge >= 0.3 is 0 Å². The molecule has 3 aliphatic rings. The van der Waals surface area contributed by atoms with Gasteiger partial charge in [0.05, 0.1) is 32.0 Å². The Morgan fingerprint density at radius 1 is 1.33 bits per heavy atom. The zero-order chi connectivity index (χ0) is 23.2. The summed E-state index contributed by atoms with van der Waals surface area (Å²) in [4.78, 5) is 14.1. The van der Waals surface area contributed by atoms with E-state index in [0.717, 1.165) is 31.4 Å². The van der Waals surface area contributed by atoms with Crippen molar-refractivity contribution in [2.75, 3.05) is 39.4 Å². The van der Waals surface area contributed by atoms with E-state index in [1.54, 1.807) is 0 Å². The molecular formula is C27H38N2O4. The SMILES string of the molecule is Cc1cccc(C[C@H](O)C=C[C@@H]2[C@H]3CC(CCNCC(=O)N4CCOCC4)=C[C@H]3C[C@H]2O)c1. The van der Waals surface area contributed by atoms with Crippen LogP contribution in [0.2, 0.25) is 0 Å². The topological polar surface area (TPSA) is 82.0 Å². The van der Waals surface area contributed by atoms with Gasteiger partial charge in [-0.25, -0.2) is 0 Å². The Morgan fingerprint density at radius 3 is 2.94 bits per heavy atom. The number of allylic oxidation sites excluding steroid dienone is 1. The zero-order valence-corrected chi connectivity index (χ0v) is 19.7. The van der Waals surface area contributed by atoms with Crippen LogP contribution in [0, 0.1) is 24.7 Å². The molecule has 1 saturated heterocycles. The predicted molar refractivity (Wildman–Crippen MR) is 129 cm³/mol. The fraction of sp³-hybridized carbons (Fsp3) is 0.593. The van der Waals surface area contributed by atoms with Gasteiger partial charge in [0, 0.05) is 25.4 Å². The first kappa shape index (κ1) is 24.1. The number of aliphatic hydroxyl groups excluding tert-OH is 2. The smallest absolute Gasteiger partial charge is 0.236 e. The van der Waals surface area contributed by atoms with Crippen LogP contribution < -0.4 is 5.32 Å². The molecule has 1 amide bonds. The number of aryl methyl sites for hydroxylation is 1. The van der Waals surface area contributed by atoms with E-state index < -0.39 is 6.10 Å². The summed E-state index contributed by atoms with van der Waals surface area (Å²) in [6, 6.07) is 8.22. The highest BCUT2D eigenvalue weighted by molar-refractivity contribution is 5.78. The van der Waals surface area contributed by atoms with Crippen molar-refractivity contribution in [1.29, 1.82) is 0 Å². The number of hydrogen-bond donors (Lipinski definition) is 3. The molecule has 1 aliphatic heterocycles. The molecule has 1 heterocycles. The van der Waals surface area contributed by atoms with Gasteiger partial charge in [-0.3, -0.25) is 4.79 Å². The minimum Gasteiger partial charge on any atom is -0.392 e.